The zero-order valence-corrected chi connectivity index (χ0v) is 13.7. The van der Waals surface area contributed by atoms with Gasteiger partial charge in [0.2, 0.25) is 5.88 Å². The van der Waals surface area contributed by atoms with E-state index in [1.807, 2.05) is 18.2 Å². The number of methoxy groups -OCH3 is 1. The number of aromatic nitrogens is 1. The summed E-state index contributed by atoms with van der Waals surface area (Å²) < 4.78 is 10.6. The molecule has 0 bridgehead atoms. The van der Waals surface area contributed by atoms with Crippen LogP contribution in [0.4, 0.5) is 0 Å². The Labute approximate surface area is 136 Å². The fourth-order valence-electron chi connectivity index (χ4n) is 1.91. The normalized spacial score (nSPS) is 10.4. The molecule has 0 fully saturated rings. The quantitative estimate of drug-likeness (QED) is 0.853. The smallest absolute Gasteiger partial charge is 0.251 e. The van der Waals surface area contributed by atoms with Crippen LogP contribution in [0, 0.1) is 5.92 Å². The molecule has 1 heterocycles. The largest absolute Gasteiger partial charge is 0.493 e. The van der Waals surface area contributed by atoms with Gasteiger partial charge in [-0.15, -0.1) is 0 Å². The fraction of sp³-hybridized carbons (Fsp3) is 0.333. The molecule has 5 nitrogen and oxygen atoms in total. The lowest BCUT2D eigenvalue weighted by atomic mass is 10.2. The highest BCUT2D eigenvalue weighted by molar-refractivity contribution is 5.94. The van der Waals surface area contributed by atoms with Crippen LogP contribution in [-0.2, 0) is 6.54 Å². The Bertz CT molecular complexity index is 639. The number of carbonyl (C=O) groups excluding carboxylic acids is 1. The number of hydrogen-bond acceptors (Lipinski definition) is 4. The van der Waals surface area contributed by atoms with E-state index in [4.69, 9.17) is 9.47 Å². The fourth-order valence-corrected chi connectivity index (χ4v) is 1.91. The van der Waals surface area contributed by atoms with E-state index in [2.05, 4.69) is 24.1 Å². The number of nitrogens with one attached hydrogen (secondary N) is 1. The molecule has 0 aliphatic carbocycles. The van der Waals surface area contributed by atoms with Crippen molar-refractivity contribution >= 4 is 5.91 Å². The van der Waals surface area contributed by atoms with E-state index in [0.717, 1.165) is 5.56 Å². The minimum atomic E-state index is -0.143. The van der Waals surface area contributed by atoms with E-state index in [1.54, 1.807) is 31.5 Å². The molecule has 0 spiro atoms. The standard InChI is InChI=1S/C18H22N2O3/c1-13(2)12-23-16-6-4-5-15(9-16)18(21)20-11-14-7-8-17(22-3)19-10-14/h4-10,13H,11-12H2,1-3H3,(H,20,21). The Morgan fingerprint density at radius 3 is 2.74 bits per heavy atom. The number of ether oxygens (including phenoxy) is 2. The second kappa shape index (κ2) is 8.17. The van der Waals surface area contributed by atoms with Crippen LogP contribution in [0.2, 0.25) is 0 Å². The van der Waals surface area contributed by atoms with Gasteiger partial charge in [-0.2, -0.15) is 0 Å². The molecule has 1 amide bonds. The molecule has 23 heavy (non-hydrogen) atoms. The first-order valence-electron chi connectivity index (χ1n) is 7.58. The summed E-state index contributed by atoms with van der Waals surface area (Å²) >= 11 is 0. The van der Waals surface area contributed by atoms with Crippen LogP contribution in [0.3, 0.4) is 0 Å². The summed E-state index contributed by atoms with van der Waals surface area (Å²) in [6.45, 7) is 5.20. The average Bonchev–Trinajstić information content (AvgIpc) is 2.58. The van der Waals surface area contributed by atoms with Crippen LogP contribution in [-0.4, -0.2) is 24.6 Å². The van der Waals surface area contributed by atoms with E-state index < -0.39 is 0 Å². The molecule has 0 unspecified atom stereocenters. The molecule has 1 N–H and O–H groups in total. The van der Waals surface area contributed by atoms with Gasteiger partial charge in [0.25, 0.3) is 5.91 Å². The van der Waals surface area contributed by atoms with Crippen molar-refractivity contribution in [1.82, 2.24) is 10.3 Å². The minimum Gasteiger partial charge on any atom is -0.493 e. The highest BCUT2D eigenvalue weighted by Gasteiger charge is 2.07. The van der Waals surface area contributed by atoms with Gasteiger partial charge in [0.15, 0.2) is 0 Å². The molecule has 0 atom stereocenters. The number of rotatable bonds is 7. The number of hydrogen-bond donors (Lipinski definition) is 1. The van der Waals surface area contributed by atoms with Crippen molar-refractivity contribution in [1.29, 1.82) is 0 Å². The predicted octanol–water partition coefficient (Wildman–Crippen LogP) is 3.06. The van der Waals surface area contributed by atoms with Gasteiger partial charge in [-0.05, 0) is 29.7 Å². The van der Waals surface area contributed by atoms with E-state index >= 15 is 0 Å². The summed E-state index contributed by atoms with van der Waals surface area (Å²) in [7, 11) is 1.57. The second-order valence-corrected chi connectivity index (χ2v) is 5.62. The zero-order valence-electron chi connectivity index (χ0n) is 13.7. The number of carbonyl (C=O) groups is 1. The first kappa shape index (κ1) is 16.8. The van der Waals surface area contributed by atoms with Crippen molar-refractivity contribution in [3.8, 4) is 11.6 Å². The van der Waals surface area contributed by atoms with Gasteiger partial charge < -0.3 is 14.8 Å². The van der Waals surface area contributed by atoms with Crippen LogP contribution in [0.15, 0.2) is 42.6 Å². The highest BCUT2D eigenvalue weighted by atomic mass is 16.5. The molecule has 2 aromatic rings. The van der Waals surface area contributed by atoms with Crippen LogP contribution >= 0.6 is 0 Å². The molecule has 122 valence electrons. The van der Waals surface area contributed by atoms with E-state index in [-0.39, 0.29) is 5.91 Å². The van der Waals surface area contributed by atoms with Crippen LogP contribution in [0.5, 0.6) is 11.6 Å². The number of amides is 1. The molecule has 0 aliphatic rings. The van der Waals surface area contributed by atoms with Gasteiger partial charge in [0.05, 0.1) is 13.7 Å². The Kier molecular flexibility index (Phi) is 5.97. The Morgan fingerprint density at radius 1 is 1.26 bits per heavy atom. The van der Waals surface area contributed by atoms with Crippen molar-refractivity contribution in [3.63, 3.8) is 0 Å². The maximum absolute atomic E-state index is 12.2. The number of benzene rings is 1. The third-order valence-electron chi connectivity index (χ3n) is 3.14. The topological polar surface area (TPSA) is 60.5 Å². The Morgan fingerprint density at radius 2 is 2.09 bits per heavy atom. The van der Waals surface area contributed by atoms with Crippen molar-refractivity contribution in [2.24, 2.45) is 5.92 Å². The summed E-state index contributed by atoms with van der Waals surface area (Å²) in [6, 6.07) is 10.8. The number of nitrogens with zero attached hydrogens (tertiary/aromatic N) is 1. The van der Waals surface area contributed by atoms with Crippen molar-refractivity contribution in [2.75, 3.05) is 13.7 Å². The number of pyridine rings is 1. The molecule has 0 saturated carbocycles. The molecule has 0 aliphatic heterocycles. The molecular formula is C18H22N2O3. The molecule has 5 heteroatoms. The lowest BCUT2D eigenvalue weighted by Crippen LogP contribution is -2.22. The SMILES string of the molecule is COc1ccc(CNC(=O)c2cccc(OCC(C)C)c2)cn1. The summed E-state index contributed by atoms with van der Waals surface area (Å²) in [5, 5.41) is 2.87. The molecule has 1 aromatic carbocycles. The average molecular weight is 314 g/mol. The van der Waals surface area contributed by atoms with Gasteiger partial charge in [0.1, 0.15) is 5.75 Å². The van der Waals surface area contributed by atoms with Crippen LogP contribution in [0.1, 0.15) is 29.8 Å². The van der Waals surface area contributed by atoms with E-state index in [0.29, 0.717) is 36.3 Å². The summed E-state index contributed by atoms with van der Waals surface area (Å²) in [5.41, 5.74) is 1.49. The molecule has 2 rings (SSSR count). The second-order valence-electron chi connectivity index (χ2n) is 5.62. The molecule has 1 aromatic heterocycles. The lowest BCUT2D eigenvalue weighted by molar-refractivity contribution is 0.0950. The van der Waals surface area contributed by atoms with E-state index in [1.165, 1.54) is 0 Å². The monoisotopic (exact) mass is 314 g/mol. The Hall–Kier alpha value is -2.56. The zero-order chi connectivity index (χ0) is 16.7. The van der Waals surface area contributed by atoms with Gasteiger partial charge in [-0.1, -0.05) is 26.0 Å². The highest BCUT2D eigenvalue weighted by Crippen LogP contribution is 2.14. The lowest BCUT2D eigenvalue weighted by Gasteiger charge is -2.10. The summed E-state index contributed by atoms with van der Waals surface area (Å²) in [4.78, 5) is 16.3. The first-order valence-corrected chi connectivity index (χ1v) is 7.58. The minimum absolute atomic E-state index is 0.143. The van der Waals surface area contributed by atoms with Crippen molar-refractivity contribution < 1.29 is 14.3 Å². The third-order valence-corrected chi connectivity index (χ3v) is 3.14. The van der Waals surface area contributed by atoms with Gasteiger partial charge in [-0.25, -0.2) is 4.98 Å². The molecule has 0 radical (unpaired) electrons. The van der Waals surface area contributed by atoms with E-state index in [9.17, 15) is 4.79 Å². The first-order chi connectivity index (χ1) is 11.1. The van der Waals surface area contributed by atoms with Gasteiger partial charge in [0, 0.05) is 24.4 Å². The summed E-state index contributed by atoms with van der Waals surface area (Å²) in [5.74, 6) is 1.55. The predicted molar refractivity (Wildman–Crippen MR) is 88.7 cm³/mol. The van der Waals surface area contributed by atoms with Gasteiger partial charge >= 0.3 is 0 Å². The maximum atomic E-state index is 12.2. The summed E-state index contributed by atoms with van der Waals surface area (Å²) in [6.07, 6.45) is 1.68. The van der Waals surface area contributed by atoms with Gasteiger partial charge in [-0.3, -0.25) is 4.79 Å². The Balaban J connectivity index is 1.93. The molecular weight excluding hydrogens is 292 g/mol. The maximum Gasteiger partial charge on any atom is 0.251 e. The third kappa shape index (κ3) is 5.29. The molecule has 0 saturated heterocycles. The van der Waals surface area contributed by atoms with Crippen LogP contribution in [0.25, 0.3) is 0 Å². The van der Waals surface area contributed by atoms with Crippen molar-refractivity contribution in [3.05, 3.63) is 53.7 Å². The van der Waals surface area contributed by atoms with Crippen molar-refractivity contribution in [2.45, 2.75) is 20.4 Å². The van der Waals surface area contributed by atoms with Crippen LogP contribution < -0.4 is 14.8 Å².